The molecule has 0 spiro atoms. The summed E-state index contributed by atoms with van der Waals surface area (Å²) in [5.41, 5.74) is 0.896. The molecule has 1 atom stereocenters. The van der Waals surface area contributed by atoms with Gasteiger partial charge in [-0.25, -0.2) is 4.39 Å². The van der Waals surface area contributed by atoms with Crippen LogP contribution in [0.5, 0.6) is 0 Å². The largest absolute Gasteiger partial charge is 0.375 e. The van der Waals surface area contributed by atoms with E-state index in [1.54, 1.807) is 12.1 Å². The maximum absolute atomic E-state index is 12.9. The zero-order valence-corrected chi connectivity index (χ0v) is 11.6. The number of rotatable bonds is 7. The van der Waals surface area contributed by atoms with E-state index in [9.17, 15) is 9.18 Å². The second kappa shape index (κ2) is 7.86. The molecule has 0 heterocycles. The lowest BCUT2D eigenvalue weighted by Crippen LogP contribution is -2.33. The van der Waals surface area contributed by atoms with Crippen molar-refractivity contribution in [1.29, 1.82) is 0 Å². The minimum atomic E-state index is -0.279. The molecular weight excluding hydrogens is 247 g/mol. The Morgan fingerprint density at radius 2 is 2.00 bits per heavy atom. The Kier molecular flexibility index (Phi) is 6.45. The van der Waals surface area contributed by atoms with Crippen molar-refractivity contribution in [3.63, 3.8) is 0 Å². The predicted molar refractivity (Wildman–Crippen MR) is 72.3 cm³/mol. The number of carbonyl (C=O) groups excluding carboxylic acids is 1. The van der Waals surface area contributed by atoms with Gasteiger partial charge in [-0.15, -0.1) is 0 Å². The van der Waals surface area contributed by atoms with E-state index in [-0.39, 0.29) is 24.4 Å². The fraction of sp³-hybridized carbons (Fsp3) is 0.500. The van der Waals surface area contributed by atoms with Crippen molar-refractivity contribution >= 4 is 5.91 Å². The molecule has 0 saturated carbocycles. The Bertz CT molecular complexity index is 393. The van der Waals surface area contributed by atoms with Crippen molar-refractivity contribution in [2.45, 2.75) is 12.5 Å². The molecule has 1 amide bonds. The van der Waals surface area contributed by atoms with Crippen LogP contribution in [0.2, 0.25) is 0 Å². The highest BCUT2D eigenvalue weighted by molar-refractivity contribution is 5.77. The average Bonchev–Trinajstić information content (AvgIpc) is 2.35. The number of hydrogen-bond acceptors (Lipinski definition) is 3. The number of nitrogens with one attached hydrogen (secondary N) is 1. The smallest absolute Gasteiger partial charge is 0.246 e. The first kappa shape index (κ1) is 15.6. The molecule has 0 bridgehead atoms. The SMILES string of the molecule is COCC(=O)NC(CCN(C)C)c1ccc(F)cc1. The standard InChI is InChI=1S/C14H21FN2O2/c1-17(2)9-8-13(16-14(18)10-19-3)11-4-6-12(15)7-5-11/h4-7,13H,8-10H2,1-3H3,(H,16,18). The van der Waals surface area contributed by atoms with E-state index in [1.807, 2.05) is 19.0 Å². The van der Waals surface area contributed by atoms with Gasteiger partial charge < -0.3 is 15.0 Å². The lowest BCUT2D eigenvalue weighted by molar-refractivity contribution is -0.125. The van der Waals surface area contributed by atoms with Gasteiger partial charge in [-0.1, -0.05) is 12.1 Å². The minimum Gasteiger partial charge on any atom is -0.375 e. The van der Waals surface area contributed by atoms with E-state index in [0.717, 1.165) is 18.5 Å². The maximum Gasteiger partial charge on any atom is 0.246 e. The Balaban J connectivity index is 2.73. The number of benzene rings is 1. The topological polar surface area (TPSA) is 41.6 Å². The van der Waals surface area contributed by atoms with Gasteiger partial charge in [0.2, 0.25) is 5.91 Å². The van der Waals surface area contributed by atoms with Crippen LogP contribution in [0.15, 0.2) is 24.3 Å². The summed E-state index contributed by atoms with van der Waals surface area (Å²) in [5, 5.41) is 2.90. The summed E-state index contributed by atoms with van der Waals surface area (Å²) in [5.74, 6) is -0.450. The molecule has 1 rings (SSSR count). The molecule has 1 N–H and O–H groups in total. The highest BCUT2D eigenvalue weighted by Gasteiger charge is 2.14. The van der Waals surface area contributed by atoms with Gasteiger partial charge in [-0.3, -0.25) is 4.79 Å². The molecule has 0 radical (unpaired) electrons. The van der Waals surface area contributed by atoms with Crippen molar-refractivity contribution < 1.29 is 13.9 Å². The van der Waals surface area contributed by atoms with Crippen LogP contribution < -0.4 is 5.32 Å². The fourth-order valence-electron chi connectivity index (χ4n) is 1.77. The zero-order valence-electron chi connectivity index (χ0n) is 11.6. The van der Waals surface area contributed by atoms with Crippen LogP contribution in [0.4, 0.5) is 4.39 Å². The Labute approximate surface area is 113 Å². The molecule has 4 nitrogen and oxygen atoms in total. The van der Waals surface area contributed by atoms with Crippen molar-refractivity contribution in [3.05, 3.63) is 35.6 Å². The minimum absolute atomic E-state index is 0.0274. The molecule has 106 valence electrons. The summed E-state index contributed by atoms with van der Waals surface area (Å²) >= 11 is 0. The van der Waals surface area contributed by atoms with Gasteiger partial charge in [0, 0.05) is 7.11 Å². The highest BCUT2D eigenvalue weighted by atomic mass is 19.1. The summed E-state index contributed by atoms with van der Waals surface area (Å²) < 4.78 is 17.7. The first-order valence-electron chi connectivity index (χ1n) is 6.21. The molecular formula is C14H21FN2O2. The first-order valence-corrected chi connectivity index (χ1v) is 6.21. The number of carbonyl (C=O) groups is 1. The van der Waals surface area contributed by atoms with Crippen LogP contribution in [-0.2, 0) is 9.53 Å². The molecule has 0 saturated heterocycles. The Hall–Kier alpha value is -1.46. The summed E-state index contributed by atoms with van der Waals surface area (Å²) in [7, 11) is 5.42. The van der Waals surface area contributed by atoms with Crippen LogP contribution in [0.1, 0.15) is 18.0 Å². The number of hydrogen-bond donors (Lipinski definition) is 1. The van der Waals surface area contributed by atoms with Crippen molar-refractivity contribution in [2.24, 2.45) is 0 Å². The van der Waals surface area contributed by atoms with Crippen molar-refractivity contribution in [1.82, 2.24) is 10.2 Å². The summed E-state index contributed by atoms with van der Waals surface area (Å²) in [6.07, 6.45) is 0.758. The number of nitrogens with zero attached hydrogens (tertiary/aromatic N) is 1. The van der Waals surface area contributed by atoms with Gasteiger partial charge in [0.15, 0.2) is 0 Å². The molecule has 0 aliphatic carbocycles. The third-order valence-corrected chi connectivity index (χ3v) is 2.75. The van der Waals surface area contributed by atoms with Gasteiger partial charge >= 0.3 is 0 Å². The summed E-state index contributed by atoms with van der Waals surface area (Å²) in [6, 6.07) is 6.07. The van der Waals surface area contributed by atoms with Gasteiger partial charge in [0.05, 0.1) is 6.04 Å². The van der Waals surface area contributed by atoms with Crippen LogP contribution in [-0.4, -0.2) is 45.2 Å². The zero-order chi connectivity index (χ0) is 14.3. The molecule has 1 aromatic rings. The molecule has 0 aliphatic rings. The van der Waals surface area contributed by atoms with Crippen LogP contribution in [0, 0.1) is 5.82 Å². The molecule has 1 aromatic carbocycles. The van der Waals surface area contributed by atoms with E-state index in [0.29, 0.717) is 0 Å². The maximum atomic E-state index is 12.9. The van der Waals surface area contributed by atoms with Crippen LogP contribution in [0.3, 0.4) is 0 Å². The van der Waals surface area contributed by atoms with Gasteiger partial charge in [-0.2, -0.15) is 0 Å². The molecule has 0 aliphatic heterocycles. The van der Waals surface area contributed by atoms with E-state index in [1.165, 1.54) is 19.2 Å². The average molecular weight is 268 g/mol. The van der Waals surface area contributed by atoms with E-state index < -0.39 is 0 Å². The Morgan fingerprint density at radius 1 is 1.37 bits per heavy atom. The normalized spacial score (nSPS) is 12.5. The molecule has 1 unspecified atom stereocenters. The first-order chi connectivity index (χ1) is 9.02. The Morgan fingerprint density at radius 3 is 2.53 bits per heavy atom. The second-order valence-corrected chi connectivity index (χ2v) is 4.70. The van der Waals surface area contributed by atoms with Crippen molar-refractivity contribution in [2.75, 3.05) is 34.4 Å². The lowest BCUT2D eigenvalue weighted by atomic mass is 10.0. The number of ether oxygens (including phenoxy) is 1. The lowest BCUT2D eigenvalue weighted by Gasteiger charge is -2.21. The number of methoxy groups -OCH3 is 1. The quantitative estimate of drug-likeness (QED) is 0.816. The summed E-state index contributed by atoms with van der Waals surface area (Å²) in [4.78, 5) is 13.7. The van der Waals surface area contributed by atoms with Crippen molar-refractivity contribution in [3.8, 4) is 0 Å². The predicted octanol–water partition coefficient (Wildman–Crippen LogP) is 1.58. The van der Waals surface area contributed by atoms with Gasteiger partial charge in [0.1, 0.15) is 12.4 Å². The third-order valence-electron chi connectivity index (χ3n) is 2.75. The summed E-state index contributed by atoms with van der Waals surface area (Å²) in [6.45, 7) is 0.856. The molecule has 0 fully saturated rings. The van der Waals surface area contributed by atoms with E-state index in [2.05, 4.69) is 5.32 Å². The molecule has 19 heavy (non-hydrogen) atoms. The second-order valence-electron chi connectivity index (χ2n) is 4.70. The number of amides is 1. The van der Waals surface area contributed by atoms with E-state index >= 15 is 0 Å². The molecule has 0 aromatic heterocycles. The monoisotopic (exact) mass is 268 g/mol. The van der Waals surface area contributed by atoms with Crippen LogP contribution in [0.25, 0.3) is 0 Å². The fourth-order valence-corrected chi connectivity index (χ4v) is 1.77. The van der Waals surface area contributed by atoms with Gasteiger partial charge in [0.25, 0.3) is 0 Å². The van der Waals surface area contributed by atoms with Gasteiger partial charge in [-0.05, 0) is 44.8 Å². The van der Waals surface area contributed by atoms with E-state index in [4.69, 9.17) is 4.74 Å². The highest BCUT2D eigenvalue weighted by Crippen LogP contribution is 2.17. The third kappa shape index (κ3) is 5.81. The number of halogens is 1. The molecule has 5 heteroatoms. The van der Waals surface area contributed by atoms with Crippen LogP contribution >= 0.6 is 0 Å².